The van der Waals surface area contributed by atoms with Crippen molar-refractivity contribution in [3.8, 4) is 0 Å². The van der Waals surface area contributed by atoms with E-state index >= 15 is 0 Å². The van der Waals surface area contributed by atoms with Crippen LogP contribution in [0.4, 0.5) is 0 Å². The minimum absolute atomic E-state index is 0.0903. The first-order valence-electron chi connectivity index (χ1n) is 2.52. The standard InChI is InChI=1S/C4H9NO4/c1-2-3(5-9)4(6,7)8/h3,6-8H,2H2,1H3. The molecule has 0 aliphatic carbocycles. The highest BCUT2D eigenvalue weighted by Crippen LogP contribution is 2.09. The van der Waals surface area contributed by atoms with Gasteiger partial charge in [0.2, 0.25) is 0 Å². The van der Waals surface area contributed by atoms with Crippen molar-refractivity contribution >= 4 is 0 Å². The Morgan fingerprint density at radius 1 is 1.56 bits per heavy atom. The molecule has 1 unspecified atom stereocenters. The zero-order valence-corrected chi connectivity index (χ0v) is 4.98. The molecule has 0 amide bonds. The molecule has 0 spiro atoms. The second kappa shape index (κ2) is 2.86. The van der Waals surface area contributed by atoms with Gasteiger partial charge in [-0.3, -0.25) is 0 Å². The number of hydrogen-bond acceptors (Lipinski definition) is 5. The molecule has 0 radical (unpaired) electrons. The summed E-state index contributed by atoms with van der Waals surface area (Å²) in [6.45, 7) is 1.50. The Kier molecular flexibility index (Phi) is 2.69. The fourth-order valence-corrected chi connectivity index (χ4v) is 0.419. The van der Waals surface area contributed by atoms with Gasteiger partial charge in [0.25, 0.3) is 0 Å². The first-order chi connectivity index (χ1) is 4.02. The third kappa shape index (κ3) is 2.50. The highest BCUT2D eigenvalue weighted by atomic mass is 16.7. The molecule has 0 aliphatic rings. The van der Waals surface area contributed by atoms with Crippen LogP contribution in [0.15, 0.2) is 5.18 Å². The third-order valence-corrected chi connectivity index (χ3v) is 0.961. The van der Waals surface area contributed by atoms with Gasteiger partial charge < -0.3 is 15.3 Å². The van der Waals surface area contributed by atoms with Crippen molar-refractivity contribution in [1.82, 2.24) is 0 Å². The molecule has 0 saturated heterocycles. The van der Waals surface area contributed by atoms with Crippen LogP contribution < -0.4 is 0 Å². The molecule has 9 heavy (non-hydrogen) atoms. The summed E-state index contributed by atoms with van der Waals surface area (Å²) in [6, 6.07) is -1.36. The van der Waals surface area contributed by atoms with Crippen molar-refractivity contribution in [2.24, 2.45) is 5.18 Å². The van der Waals surface area contributed by atoms with E-state index in [9.17, 15) is 4.91 Å². The van der Waals surface area contributed by atoms with Gasteiger partial charge in [-0.15, -0.1) is 0 Å². The summed E-state index contributed by atoms with van der Waals surface area (Å²) >= 11 is 0. The first-order valence-corrected chi connectivity index (χ1v) is 2.52. The lowest BCUT2D eigenvalue weighted by atomic mass is 10.2. The van der Waals surface area contributed by atoms with E-state index in [1.165, 1.54) is 6.92 Å². The number of nitrogens with zero attached hydrogens (tertiary/aromatic N) is 1. The Bertz CT molecular complexity index is 97.2. The van der Waals surface area contributed by atoms with Gasteiger partial charge in [-0.25, -0.2) is 0 Å². The average Bonchev–Trinajstić information content (AvgIpc) is 1.65. The molecule has 5 nitrogen and oxygen atoms in total. The van der Waals surface area contributed by atoms with E-state index in [0.717, 1.165) is 0 Å². The molecule has 0 heterocycles. The van der Waals surface area contributed by atoms with Gasteiger partial charge >= 0.3 is 5.97 Å². The predicted molar refractivity (Wildman–Crippen MR) is 29.3 cm³/mol. The second-order valence-electron chi connectivity index (χ2n) is 1.72. The number of rotatable bonds is 3. The van der Waals surface area contributed by atoms with E-state index in [0.29, 0.717) is 0 Å². The van der Waals surface area contributed by atoms with E-state index in [4.69, 9.17) is 15.3 Å². The Balaban J connectivity index is 3.94. The molecule has 0 aromatic heterocycles. The number of aliphatic hydroxyl groups is 3. The maximum atomic E-state index is 9.65. The molecular formula is C4H9NO4. The molecule has 0 rings (SSSR count). The van der Waals surface area contributed by atoms with Crippen LogP contribution in [0.1, 0.15) is 13.3 Å². The summed E-state index contributed by atoms with van der Waals surface area (Å²) in [6.07, 6.45) is 0.0903. The van der Waals surface area contributed by atoms with Gasteiger partial charge in [-0.05, 0) is 6.42 Å². The van der Waals surface area contributed by atoms with Crippen LogP contribution in [0.5, 0.6) is 0 Å². The van der Waals surface area contributed by atoms with Crippen molar-refractivity contribution < 1.29 is 15.3 Å². The quantitative estimate of drug-likeness (QED) is 0.347. The summed E-state index contributed by atoms with van der Waals surface area (Å²) in [7, 11) is 0. The lowest BCUT2D eigenvalue weighted by Crippen LogP contribution is -2.39. The monoisotopic (exact) mass is 135 g/mol. The predicted octanol–water partition coefficient (Wildman–Crippen LogP) is -0.838. The van der Waals surface area contributed by atoms with Crippen molar-refractivity contribution in [3.63, 3.8) is 0 Å². The Morgan fingerprint density at radius 2 is 2.00 bits per heavy atom. The fourth-order valence-electron chi connectivity index (χ4n) is 0.419. The van der Waals surface area contributed by atoms with Gasteiger partial charge in [-0.1, -0.05) is 12.1 Å². The largest absolute Gasteiger partial charge is 0.342 e. The molecule has 0 aliphatic heterocycles. The number of nitroso groups, excluding NO2 is 1. The molecule has 0 saturated carbocycles. The van der Waals surface area contributed by atoms with Crippen molar-refractivity contribution in [2.45, 2.75) is 25.4 Å². The normalized spacial score (nSPS) is 15.1. The highest BCUT2D eigenvalue weighted by molar-refractivity contribution is 4.69. The smallest absolute Gasteiger partial charge is 0.302 e. The fraction of sp³-hybridized carbons (Fsp3) is 1.00. The zero-order valence-electron chi connectivity index (χ0n) is 4.98. The van der Waals surface area contributed by atoms with E-state index in [1.807, 2.05) is 0 Å². The maximum Gasteiger partial charge on any atom is 0.302 e. The van der Waals surface area contributed by atoms with E-state index in [2.05, 4.69) is 5.18 Å². The number of hydrogen-bond donors (Lipinski definition) is 3. The molecule has 54 valence electrons. The summed E-state index contributed by atoms with van der Waals surface area (Å²) in [5.74, 6) is -2.96. The average molecular weight is 135 g/mol. The molecule has 0 fully saturated rings. The van der Waals surface area contributed by atoms with Crippen LogP contribution in [0.25, 0.3) is 0 Å². The molecule has 5 heteroatoms. The first kappa shape index (κ1) is 8.48. The Labute approximate surface area is 51.9 Å². The van der Waals surface area contributed by atoms with Crippen molar-refractivity contribution in [1.29, 1.82) is 0 Å². The third-order valence-electron chi connectivity index (χ3n) is 0.961. The Morgan fingerprint density at radius 3 is 2.00 bits per heavy atom. The van der Waals surface area contributed by atoms with Gasteiger partial charge in [0.15, 0.2) is 6.04 Å². The summed E-state index contributed by atoms with van der Waals surface area (Å²) in [5.41, 5.74) is 0. The molecule has 1 atom stereocenters. The van der Waals surface area contributed by atoms with Crippen LogP contribution in [-0.2, 0) is 0 Å². The lowest BCUT2D eigenvalue weighted by molar-refractivity contribution is -0.322. The SMILES string of the molecule is CCC(N=O)C(O)(O)O. The summed E-state index contributed by atoms with van der Waals surface area (Å²) in [4.78, 5) is 9.65. The van der Waals surface area contributed by atoms with Gasteiger partial charge in [-0.2, -0.15) is 4.91 Å². The zero-order chi connectivity index (χ0) is 7.49. The molecule has 0 aromatic rings. The van der Waals surface area contributed by atoms with Crippen molar-refractivity contribution in [3.05, 3.63) is 4.91 Å². The van der Waals surface area contributed by atoms with Gasteiger partial charge in [0.1, 0.15) is 0 Å². The van der Waals surface area contributed by atoms with E-state index in [-0.39, 0.29) is 6.42 Å². The molecule has 0 bridgehead atoms. The highest BCUT2D eigenvalue weighted by Gasteiger charge is 2.31. The Hall–Kier alpha value is -0.520. The molecular weight excluding hydrogens is 126 g/mol. The van der Waals surface area contributed by atoms with E-state index in [1.54, 1.807) is 0 Å². The van der Waals surface area contributed by atoms with Crippen LogP contribution in [0.3, 0.4) is 0 Å². The van der Waals surface area contributed by atoms with Crippen LogP contribution in [-0.4, -0.2) is 27.3 Å². The van der Waals surface area contributed by atoms with E-state index < -0.39 is 12.0 Å². The second-order valence-corrected chi connectivity index (χ2v) is 1.72. The maximum absolute atomic E-state index is 9.65. The minimum Gasteiger partial charge on any atom is -0.342 e. The topological polar surface area (TPSA) is 90.1 Å². The molecule has 3 N–H and O–H groups in total. The van der Waals surface area contributed by atoms with Gasteiger partial charge in [0.05, 0.1) is 0 Å². The minimum atomic E-state index is -2.96. The van der Waals surface area contributed by atoms with Crippen LogP contribution >= 0.6 is 0 Å². The molecule has 0 aromatic carbocycles. The summed E-state index contributed by atoms with van der Waals surface area (Å²) < 4.78 is 0. The summed E-state index contributed by atoms with van der Waals surface area (Å²) in [5, 5.41) is 27.2. The van der Waals surface area contributed by atoms with Gasteiger partial charge in [0, 0.05) is 0 Å². The van der Waals surface area contributed by atoms with Crippen LogP contribution in [0.2, 0.25) is 0 Å². The van der Waals surface area contributed by atoms with Crippen molar-refractivity contribution in [2.75, 3.05) is 0 Å². The van der Waals surface area contributed by atoms with Crippen LogP contribution in [0, 0.1) is 4.91 Å². The lowest BCUT2D eigenvalue weighted by Gasteiger charge is -2.17.